The van der Waals surface area contributed by atoms with Crippen LogP contribution >= 0.6 is 15.9 Å². The number of nitrogens with zero attached hydrogens (tertiary/aromatic N) is 1. The van der Waals surface area contributed by atoms with Gasteiger partial charge < -0.3 is 0 Å². The first-order valence-electron chi connectivity index (χ1n) is 6.32. The first-order valence-corrected chi connectivity index (χ1v) is 7.11. The van der Waals surface area contributed by atoms with E-state index >= 15 is 0 Å². The fraction of sp³-hybridized carbons (Fsp3) is 0.118. The molecule has 0 atom stereocenters. The van der Waals surface area contributed by atoms with Crippen LogP contribution in [0.5, 0.6) is 0 Å². The lowest BCUT2D eigenvalue weighted by atomic mass is 10.0. The molecule has 0 N–H and O–H groups in total. The van der Waals surface area contributed by atoms with Crippen LogP contribution in [0.2, 0.25) is 0 Å². The molecule has 1 heterocycles. The highest BCUT2D eigenvalue weighted by molar-refractivity contribution is 9.10. The van der Waals surface area contributed by atoms with Gasteiger partial charge in [0.05, 0.1) is 5.52 Å². The van der Waals surface area contributed by atoms with Gasteiger partial charge in [-0.1, -0.05) is 52.3 Å². The smallest absolute Gasteiger partial charge is 0.0716 e. The average molecular weight is 312 g/mol. The van der Waals surface area contributed by atoms with Crippen molar-refractivity contribution in [2.75, 3.05) is 0 Å². The van der Waals surface area contributed by atoms with Gasteiger partial charge in [0.2, 0.25) is 0 Å². The summed E-state index contributed by atoms with van der Waals surface area (Å²) in [6.07, 6.45) is 0.936. The fourth-order valence-corrected chi connectivity index (χ4v) is 2.62. The predicted molar refractivity (Wildman–Crippen MR) is 83.4 cm³/mol. The second kappa shape index (κ2) is 5.14. The predicted octanol–water partition coefficient (Wildman–Crippen LogP) is 4.90. The summed E-state index contributed by atoms with van der Waals surface area (Å²) in [6, 6.07) is 19.0. The van der Waals surface area contributed by atoms with Gasteiger partial charge in [0.25, 0.3) is 0 Å². The van der Waals surface area contributed by atoms with Gasteiger partial charge in [-0.2, -0.15) is 0 Å². The normalized spacial score (nSPS) is 10.8. The Hall–Kier alpha value is -1.67. The van der Waals surface area contributed by atoms with Crippen molar-refractivity contribution in [3.8, 4) is 0 Å². The van der Waals surface area contributed by atoms with E-state index in [1.165, 1.54) is 16.5 Å². The third kappa shape index (κ3) is 2.69. The van der Waals surface area contributed by atoms with Crippen LogP contribution in [0.4, 0.5) is 0 Å². The standard InChI is InChI=1S/C17H14BrN/c1-12-15(9-13-5-3-2-4-6-13)10-14-7-8-16(18)11-17(14)19-12/h2-8,10-11H,9H2,1H3. The number of hydrogen-bond acceptors (Lipinski definition) is 1. The quantitative estimate of drug-likeness (QED) is 0.656. The Labute approximate surface area is 121 Å². The fourth-order valence-electron chi connectivity index (χ4n) is 2.28. The minimum atomic E-state index is 0.936. The van der Waals surface area contributed by atoms with E-state index in [0.717, 1.165) is 22.1 Å². The molecule has 2 heteroatoms. The van der Waals surface area contributed by atoms with Gasteiger partial charge in [0.15, 0.2) is 0 Å². The lowest BCUT2D eigenvalue weighted by Crippen LogP contribution is -1.95. The zero-order valence-electron chi connectivity index (χ0n) is 10.7. The third-order valence-corrected chi connectivity index (χ3v) is 3.81. The molecule has 0 unspecified atom stereocenters. The van der Waals surface area contributed by atoms with Crippen molar-refractivity contribution in [1.82, 2.24) is 4.98 Å². The van der Waals surface area contributed by atoms with Crippen molar-refractivity contribution in [1.29, 1.82) is 0 Å². The SMILES string of the molecule is Cc1nc2cc(Br)ccc2cc1Cc1ccccc1. The molecule has 2 aromatic carbocycles. The van der Waals surface area contributed by atoms with Gasteiger partial charge >= 0.3 is 0 Å². The van der Waals surface area contributed by atoms with Crippen molar-refractivity contribution < 1.29 is 0 Å². The van der Waals surface area contributed by atoms with Gasteiger partial charge in [-0.05, 0) is 42.7 Å². The topological polar surface area (TPSA) is 12.9 Å². The molecule has 1 aromatic heterocycles. The Morgan fingerprint density at radius 2 is 1.79 bits per heavy atom. The van der Waals surface area contributed by atoms with Crippen LogP contribution in [0.1, 0.15) is 16.8 Å². The lowest BCUT2D eigenvalue weighted by molar-refractivity contribution is 1.10. The van der Waals surface area contributed by atoms with E-state index in [-0.39, 0.29) is 0 Å². The molecule has 0 spiro atoms. The van der Waals surface area contributed by atoms with Crippen LogP contribution < -0.4 is 0 Å². The molecule has 0 bridgehead atoms. The Morgan fingerprint density at radius 1 is 1.00 bits per heavy atom. The van der Waals surface area contributed by atoms with Gasteiger partial charge in [0, 0.05) is 15.6 Å². The van der Waals surface area contributed by atoms with E-state index in [4.69, 9.17) is 4.98 Å². The number of aryl methyl sites for hydroxylation is 1. The maximum absolute atomic E-state index is 4.70. The molecule has 0 aliphatic heterocycles. The van der Waals surface area contributed by atoms with Crippen LogP contribution in [-0.2, 0) is 6.42 Å². The van der Waals surface area contributed by atoms with Gasteiger partial charge in [-0.15, -0.1) is 0 Å². The molecule has 94 valence electrons. The summed E-state index contributed by atoms with van der Waals surface area (Å²) in [7, 11) is 0. The minimum absolute atomic E-state index is 0.936. The largest absolute Gasteiger partial charge is 0.253 e. The summed E-state index contributed by atoms with van der Waals surface area (Å²) in [5, 5.41) is 1.19. The Bertz CT molecular complexity index is 720. The van der Waals surface area contributed by atoms with E-state index in [1.807, 2.05) is 6.07 Å². The molecule has 0 aliphatic carbocycles. The molecule has 0 saturated carbocycles. The molecule has 0 aliphatic rings. The number of benzene rings is 2. The highest BCUT2D eigenvalue weighted by Gasteiger charge is 2.04. The molecule has 0 fully saturated rings. The minimum Gasteiger partial charge on any atom is -0.253 e. The van der Waals surface area contributed by atoms with E-state index in [0.29, 0.717) is 0 Å². The second-order valence-corrected chi connectivity index (χ2v) is 5.65. The van der Waals surface area contributed by atoms with Crippen LogP contribution in [0.15, 0.2) is 59.1 Å². The van der Waals surface area contributed by atoms with Crippen LogP contribution in [0.25, 0.3) is 10.9 Å². The van der Waals surface area contributed by atoms with Crippen molar-refractivity contribution in [3.63, 3.8) is 0 Å². The zero-order valence-corrected chi connectivity index (χ0v) is 12.3. The summed E-state index contributed by atoms with van der Waals surface area (Å²) < 4.78 is 1.07. The molecule has 0 amide bonds. The highest BCUT2D eigenvalue weighted by atomic mass is 79.9. The van der Waals surface area contributed by atoms with E-state index in [9.17, 15) is 0 Å². The lowest BCUT2D eigenvalue weighted by Gasteiger charge is -2.08. The number of pyridine rings is 1. The van der Waals surface area contributed by atoms with Crippen LogP contribution in [0.3, 0.4) is 0 Å². The van der Waals surface area contributed by atoms with Crippen molar-refractivity contribution in [2.45, 2.75) is 13.3 Å². The average Bonchev–Trinajstić information content (AvgIpc) is 2.41. The number of aromatic nitrogens is 1. The van der Waals surface area contributed by atoms with Crippen molar-refractivity contribution in [3.05, 3.63) is 75.9 Å². The Kier molecular flexibility index (Phi) is 3.34. The summed E-state index contributed by atoms with van der Waals surface area (Å²) in [5.41, 5.74) is 4.77. The Balaban J connectivity index is 2.04. The maximum Gasteiger partial charge on any atom is 0.0716 e. The van der Waals surface area contributed by atoms with E-state index in [2.05, 4.69) is 71.4 Å². The molecular formula is C17H14BrN. The molecule has 19 heavy (non-hydrogen) atoms. The van der Waals surface area contributed by atoms with Crippen LogP contribution in [-0.4, -0.2) is 4.98 Å². The van der Waals surface area contributed by atoms with Crippen LogP contribution in [0, 0.1) is 6.92 Å². The summed E-state index contributed by atoms with van der Waals surface area (Å²) >= 11 is 3.49. The van der Waals surface area contributed by atoms with Gasteiger partial charge in [-0.25, -0.2) is 0 Å². The number of fused-ring (bicyclic) bond motifs is 1. The monoisotopic (exact) mass is 311 g/mol. The first-order chi connectivity index (χ1) is 9.22. The number of rotatable bonds is 2. The molecule has 1 nitrogen and oxygen atoms in total. The van der Waals surface area contributed by atoms with Crippen molar-refractivity contribution >= 4 is 26.8 Å². The van der Waals surface area contributed by atoms with E-state index < -0.39 is 0 Å². The number of hydrogen-bond donors (Lipinski definition) is 0. The summed E-state index contributed by atoms with van der Waals surface area (Å²) in [6.45, 7) is 2.08. The second-order valence-electron chi connectivity index (χ2n) is 4.73. The molecular weight excluding hydrogens is 298 g/mol. The van der Waals surface area contributed by atoms with Gasteiger partial charge in [-0.3, -0.25) is 4.98 Å². The summed E-state index contributed by atoms with van der Waals surface area (Å²) in [5.74, 6) is 0. The van der Waals surface area contributed by atoms with Gasteiger partial charge in [0.1, 0.15) is 0 Å². The maximum atomic E-state index is 4.70. The van der Waals surface area contributed by atoms with Crippen molar-refractivity contribution in [2.24, 2.45) is 0 Å². The third-order valence-electron chi connectivity index (χ3n) is 3.31. The first kappa shape index (κ1) is 12.4. The Morgan fingerprint density at radius 3 is 2.58 bits per heavy atom. The van der Waals surface area contributed by atoms with E-state index in [1.54, 1.807) is 0 Å². The molecule has 0 radical (unpaired) electrons. The molecule has 0 saturated heterocycles. The highest BCUT2D eigenvalue weighted by Crippen LogP contribution is 2.22. The summed E-state index contributed by atoms with van der Waals surface area (Å²) in [4.78, 5) is 4.70. The molecule has 3 rings (SSSR count). The molecule has 3 aromatic rings. The number of halogens is 1. The zero-order chi connectivity index (χ0) is 13.2.